The molecule has 26 heavy (non-hydrogen) atoms. The van der Waals surface area contributed by atoms with Gasteiger partial charge in [-0.2, -0.15) is 8.78 Å². The number of benzene rings is 1. The van der Waals surface area contributed by atoms with E-state index in [9.17, 15) is 30.4 Å². The molecule has 1 aromatic carbocycles. The number of hydrogen-bond donors (Lipinski definition) is 0. The minimum absolute atomic E-state index is 0.499. The molecule has 10 heteroatoms. The van der Waals surface area contributed by atoms with E-state index in [0.717, 1.165) is 0 Å². The van der Waals surface area contributed by atoms with Crippen molar-refractivity contribution in [2.24, 2.45) is 0 Å². The standard InChI is InChI=1S/C16H21F5O3SSi/c1-15(2,3)26(4,5)24-13-12-9(8-16(13,20)21)10(17)6-7-11(12)25(22,23)14(18)19/h6-7,13-14H,8H2,1-5H3. The predicted molar refractivity (Wildman–Crippen MR) is 89.3 cm³/mol. The van der Waals surface area contributed by atoms with Gasteiger partial charge in [0, 0.05) is 17.5 Å². The molecule has 2 rings (SSSR count). The molecule has 0 heterocycles. The Morgan fingerprint density at radius 2 is 1.77 bits per heavy atom. The third-order valence-electron chi connectivity index (χ3n) is 5.08. The van der Waals surface area contributed by atoms with Crippen molar-refractivity contribution in [1.29, 1.82) is 0 Å². The van der Waals surface area contributed by atoms with Crippen LogP contribution < -0.4 is 0 Å². The molecule has 0 aromatic heterocycles. The van der Waals surface area contributed by atoms with Gasteiger partial charge in [-0.1, -0.05) is 20.8 Å². The van der Waals surface area contributed by atoms with Crippen LogP contribution in [0.25, 0.3) is 0 Å². The van der Waals surface area contributed by atoms with Gasteiger partial charge >= 0.3 is 5.76 Å². The Hall–Kier alpha value is -1.00. The Morgan fingerprint density at radius 3 is 2.23 bits per heavy atom. The number of hydrogen-bond acceptors (Lipinski definition) is 3. The first kappa shape index (κ1) is 21.3. The summed E-state index contributed by atoms with van der Waals surface area (Å²) >= 11 is 0. The predicted octanol–water partition coefficient (Wildman–Crippen LogP) is 5.08. The molecule has 0 aliphatic heterocycles. The maximum atomic E-state index is 14.6. The summed E-state index contributed by atoms with van der Waals surface area (Å²) in [5.41, 5.74) is -1.26. The zero-order valence-corrected chi connectivity index (χ0v) is 16.9. The van der Waals surface area contributed by atoms with Crippen LogP contribution in [0, 0.1) is 5.82 Å². The average Bonchev–Trinajstić information content (AvgIpc) is 2.70. The molecular formula is C16H21F5O3SSi. The number of fused-ring (bicyclic) bond motifs is 1. The van der Waals surface area contributed by atoms with Crippen LogP contribution >= 0.6 is 0 Å². The first-order valence-electron chi connectivity index (χ1n) is 7.91. The lowest BCUT2D eigenvalue weighted by Crippen LogP contribution is -2.44. The molecule has 0 bridgehead atoms. The molecule has 1 atom stereocenters. The molecule has 148 valence electrons. The maximum Gasteiger partial charge on any atom is 0.341 e. The van der Waals surface area contributed by atoms with E-state index in [1.54, 1.807) is 33.9 Å². The third-order valence-corrected chi connectivity index (χ3v) is 11.0. The molecule has 1 unspecified atom stereocenters. The Kier molecular flexibility index (Phi) is 5.13. The smallest absolute Gasteiger partial charge is 0.341 e. The highest BCUT2D eigenvalue weighted by molar-refractivity contribution is 7.91. The van der Waals surface area contributed by atoms with E-state index in [0.29, 0.717) is 12.1 Å². The second kappa shape index (κ2) is 6.27. The Morgan fingerprint density at radius 1 is 1.23 bits per heavy atom. The van der Waals surface area contributed by atoms with Crippen LogP contribution in [0.2, 0.25) is 18.1 Å². The molecule has 0 saturated carbocycles. The summed E-state index contributed by atoms with van der Waals surface area (Å²) in [6, 6.07) is 1.23. The molecule has 0 spiro atoms. The Balaban J connectivity index is 2.71. The third kappa shape index (κ3) is 3.43. The van der Waals surface area contributed by atoms with E-state index in [-0.39, 0.29) is 0 Å². The highest BCUT2D eigenvalue weighted by Crippen LogP contribution is 2.52. The molecule has 1 aliphatic rings. The summed E-state index contributed by atoms with van der Waals surface area (Å²) in [4.78, 5) is -0.996. The van der Waals surface area contributed by atoms with Gasteiger partial charge in [0.05, 0.1) is 4.90 Å². The SMILES string of the molecule is CC(C)(C)[Si](C)(C)OC1c2c(S(=O)(=O)C(F)F)ccc(F)c2CC1(F)F. The summed E-state index contributed by atoms with van der Waals surface area (Å²) < 4.78 is 99.0. The fourth-order valence-corrected chi connectivity index (χ4v) is 4.80. The van der Waals surface area contributed by atoms with E-state index in [4.69, 9.17) is 4.43 Å². The first-order chi connectivity index (χ1) is 11.5. The Bertz CT molecular complexity index is 816. The lowest BCUT2D eigenvalue weighted by Gasteiger charge is -2.40. The highest BCUT2D eigenvalue weighted by Gasteiger charge is 2.55. The van der Waals surface area contributed by atoms with Gasteiger partial charge in [0.25, 0.3) is 5.92 Å². The lowest BCUT2D eigenvalue weighted by molar-refractivity contribution is -0.0909. The molecule has 3 nitrogen and oxygen atoms in total. The van der Waals surface area contributed by atoms with Gasteiger partial charge in [0.1, 0.15) is 11.9 Å². The fourth-order valence-electron chi connectivity index (χ4n) is 2.58. The minimum atomic E-state index is -5.19. The van der Waals surface area contributed by atoms with E-state index in [2.05, 4.69) is 0 Å². The van der Waals surface area contributed by atoms with Crippen LogP contribution in [0.5, 0.6) is 0 Å². The van der Waals surface area contributed by atoms with E-state index in [1.807, 2.05) is 0 Å². The number of sulfone groups is 1. The van der Waals surface area contributed by atoms with Crippen molar-refractivity contribution in [1.82, 2.24) is 0 Å². The van der Waals surface area contributed by atoms with Gasteiger partial charge in [-0.25, -0.2) is 21.6 Å². The molecular weight excluding hydrogens is 395 g/mol. The molecule has 0 fully saturated rings. The average molecular weight is 416 g/mol. The van der Waals surface area contributed by atoms with Crippen LogP contribution in [0.1, 0.15) is 38.0 Å². The van der Waals surface area contributed by atoms with Crippen LogP contribution in [-0.2, 0) is 20.7 Å². The minimum Gasteiger partial charge on any atom is -0.404 e. The van der Waals surface area contributed by atoms with Crippen LogP contribution in [0.4, 0.5) is 22.0 Å². The molecule has 0 N–H and O–H groups in total. The number of halogens is 5. The second-order valence-electron chi connectivity index (χ2n) is 7.94. The largest absolute Gasteiger partial charge is 0.404 e. The van der Waals surface area contributed by atoms with Crippen molar-refractivity contribution < 1.29 is 34.8 Å². The maximum absolute atomic E-state index is 14.6. The number of alkyl halides is 4. The monoisotopic (exact) mass is 416 g/mol. The van der Waals surface area contributed by atoms with Gasteiger partial charge in [-0.05, 0) is 30.3 Å². The molecule has 1 aliphatic carbocycles. The van der Waals surface area contributed by atoms with Gasteiger partial charge in [-0.3, -0.25) is 0 Å². The quantitative estimate of drug-likeness (QED) is 0.391. The van der Waals surface area contributed by atoms with Crippen molar-refractivity contribution in [2.45, 2.75) is 68.0 Å². The molecule has 0 radical (unpaired) electrons. The van der Waals surface area contributed by atoms with Crippen molar-refractivity contribution in [2.75, 3.05) is 0 Å². The lowest BCUT2D eigenvalue weighted by atomic mass is 10.1. The van der Waals surface area contributed by atoms with Gasteiger partial charge < -0.3 is 4.43 Å². The van der Waals surface area contributed by atoms with Crippen molar-refractivity contribution in [3.05, 3.63) is 29.1 Å². The van der Waals surface area contributed by atoms with Crippen LogP contribution in [0.3, 0.4) is 0 Å². The van der Waals surface area contributed by atoms with E-state index < -0.39 is 69.2 Å². The van der Waals surface area contributed by atoms with Crippen molar-refractivity contribution in [3.63, 3.8) is 0 Å². The molecule has 1 aromatic rings. The zero-order chi connectivity index (χ0) is 20.3. The fraction of sp³-hybridized carbons (Fsp3) is 0.625. The first-order valence-corrected chi connectivity index (χ1v) is 12.4. The normalized spacial score (nSPS) is 20.5. The zero-order valence-electron chi connectivity index (χ0n) is 15.0. The van der Waals surface area contributed by atoms with Gasteiger partial charge in [0.2, 0.25) is 9.84 Å². The van der Waals surface area contributed by atoms with E-state index >= 15 is 0 Å². The molecule has 0 saturated heterocycles. The summed E-state index contributed by atoms with van der Waals surface area (Å²) in [7, 11) is -8.03. The van der Waals surface area contributed by atoms with Crippen LogP contribution in [0.15, 0.2) is 17.0 Å². The highest BCUT2D eigenvalue weighted by atomic mass is 32.2. The summed E-state index contributed by atoms with van der Waals surface area (Å²) in [6.45, 7) is 8.70. The van der Waals surface area contributed by atoms with Crippen LogP contribution in [-0.4, -0.2) is 28.4 Å². The second-order valence-corrected chi connectivity index (χ2v) is 14.6. The van der Waals surface area contributed by atoms with Crippen molar-refractivity contribution >= 4 is 18.2 Å². The summed E-state index contributed by atoms with van der Waals surface area (Å²) in [5.74, 6) is -8.47. The number of rotatable bonds is 4. The summed E-state index contributed by atoms with van der Waals surface area (Å²) in [5, 5.41) is -0.499. The van der Waals surface area contributed by atoms with E-state index in [1.165, 1.54) is 0 Å². The Labute approximate surface area is 150 Å². The molecule has 0 amide bonds. The van der Waals surface area contributed by atoms with Gasteiger partial charge in [0.15, 0.2) is 8.32 Å². The summed E-state index contributed by atoms with van der Waals surface area (Å²) in [6.07, 6.45) is -3.18. The topological polar surface area (TPSA) is 43.4 Å². The van der Waals surface area contributed by atoms with Crippen molar-refractivity contribution in [3.8, 4) is 0 Å². The van der Waals surface area contributed by atoms with Gasteiger partial charge in [-0.15, -0.1) is 0 Å².